The molecule has 1 fully saturated rings. The van der Waals surface area contributed by atoms with E-state index in [2.05, 4.69) is 0 Å². The molecule has 0 aromatic heterocycles. The van der Waals surface area contributed by atoms with Crippen LogP contribution in [0, 0.1) is 17.6 Å². The van der Waals surface area contributed by atoms with Crippen molar-refractivity contribution >= 4 is 11.9 Å². The average Bonchev–Trinajstić information content (AvgIpc) is 3.34. The van der Waals surface area contributed by atoms with Gasteiger partial charge in [-0.3, -0.25) is 9.59 Å². The lowest BCUT2D eigenvalue weighted by Crippen LogP contribution is -2.39. The average molecular weight is 341 g/mol. The number of rotatable bonds is 8. The van der Waals surface area contributed by atoms with E-state index in [0.717, 1.165) is 12.1 Å². The van der Waals surface area contributed by atoms with Crippen molar-refractivity contribution in [3.05, 3.63) is 35.4 Å². The number of esters is 1. The fraction of sp³-hybridized carbons (Fsp3) is 0.529. The zero-order valence-electron chi connectivity index (χ0n) is 13.8. The molecule has 1 saturated carbocycles. The number of amides is 1. The van der Waals surface area contributed by atoms with Crippen molar-refractivity contribution < 1.29 is 27.8 Å². The summed E-state index contributed by atoms with van der Waals surface area (Å²) in [7, 11) is 1.51. The Labute approximate surface area is 139 Å². The van der Waals surface area contributed by atoms with Crippen LogP contribution in [0.1, 0.15) is 24.8 Å². The van der Waals surface area contributed by atoms with Crippen molar-refractivity contribution in [2.24, 2.45) is 5.92 Å². The van der Waals surface area contributed by atoms with Crippen LogP contribution in [0.2, 0.25) is 0 Å². The minimum atomic E-state index is -0.923. The third-order valence-electron chi connectivity index (χ3n) is 3.98. The van der Waals surface area contributed by atoms with Gasteiger partial charge in [0.2, 0.25) is 5.91 Å². The lowest BCUT2D eigenvalue weighted by molar-refractivity contribution is -0.149. The van der Waals surface area contributed by atoms with Gasteiger partial charge in [-0.15, -0.1) is 0 Å². The second kappa shape index (κ2) is 8.19. The first-order valence-electron chi connectivity index (χ1n) is 7.86. The lowest BCUT2D eigenvalue weighted by Gasteiger charge is -2.21. The zero-order chi connectivity index (χ0) is 17.7. The Morgan fingerprint density at radius 1 is 1.29 bits per heavy atom. The molecule has 2 rings (SSSR count). The first kappa shape index (κ1) is 18.3. The first-order valence-corrected chi connectivity index (χ1v) is 7.86. The van der Waals surface area contributed by atoms with E-state index in [1.54, 1.807) is 6.92 Å². The van der Waals surface area contributed by atoms with Crippen molar-refractivity contribution in [1.82, 2.24) is 4.90 Å². The van der Waals surface area contributed by atoms with E-state index in [1.807, 2.05) is 0 Å². The highest BCUT2D eigenvalue weighted by atomic mass is 19.2. The molecule has 1 aromatic rings. The Bertz CT molecular complexity index is 608. The third kappa shape index (κ3) is 4.50. The minimum absolute atomic E-state index is 0.142. The first-order chi connectivity index (χ1) is 11.5. The molecule has 1 aromatic carbocycles. The van der Waals surface area contributed by atoms with Crippen molar-refractivity contribution in [3.8, 4) is 0 Å². The Morgan fingerprint density at radius 2 is 2.04 bits per heavy atom. The van der Waals surface area contributed by atoms with Crippen LogP contribution >= 0.6 is 0 Å². The van der Waals surface area contributed by atoms with Gasteiger partial charge in [-0.1, -0.05) is 6.07 Å². The number of halogens is 2. The van der Waals surface area contributed by atoms with Gasteiger partial charge in [0.05, 0.1) is 13.2 Å². The van der Waals surface area contributed by atoms with Crippen LogP contribution in [-0.2, 0) is 19.1 Å². The van der Waals surface area contributed by atoms with Crippen LogP contribution in [0.4, 0.5) is 8.78 Å². The summed E-state index contributed by atoms with van der Waals surface area (Å²) in [5.74, 6) is -3.00. The molecule has 2 unspecified atom stereocenters. The van der Waals surface area contributed by atoms with Gasteiger partial charge < -0.3 is 14.4 Å². The minimum Gasteiger partial charge on any atom is -0.465 e. The molecule has 1 aliphatic rings. The van der Waals surface area contributed by atoms with E-state index in [4.69, 9.17) is 9.47 Å². The maximum atomic E-state index is 13.3. The molecular weight excluding hydrogens is 320 g/mol. The molecule has 0 N–H and O–H groups in total. The van der Waals surface area contributed by atoms with E-state index >= 15 is 0 Å². The van der Waals surface area contributed by atoms with E-state index in [1.165, 1.54) is 18.1 Å². The monoisotopic (exact) mass is 341 g/mol. The number of methoxy groups -OCH3 is 1. The maximum absolute atomic E-state index is 13.3. The molecule has 24 heavy (non-hydrogen) atoms. The quantitative estimate of drug-likeness (QED) is 0.680. The second-order valence-electron chi connectivity index (χ2n) is 5.68. The lowest BCUT2D eigenvalue weighted by atomic mass is 10.1. The van der Waals surface area contributed by atoms with Gasteiger partial charge in [0.1, 0.15) is 6.54 Å². The van der Waals surface area contributed by atoms with Crippen LogP contribution in [0.25, 0.3) is 0 Å². The molecule has 7 heteroatoms. The molecule has 2 atom stereocenters. The van der Waals surface area contributed by atoms with Crippen molar-refractivity contribution in [1.29, 1.82) is 0 Å². The van der Waals surface area contributed by atoms with Crippen LogP contribution in [0.5, 0.6) is 0 Å². The van der Waals surface area contributed by atoms with Crippen molar-refractivity contribution in [3.63, 3.8) is 0 Å². The summed E-state index contributed by atoms with van der Waals surface area (Å²) in [6.07, 6.45) is 0.552. The zero-order valence-corrected chi connectivity index (χ0v) is 13.8. The number of carbonyl (C=O) groups is 2. The van der Waals surface area contributed by atoms with E-state index in [9.17, 15) is 18.4 Å². The number of carbonyl (C=O) groups excluding carboxylic acids is 2. The molecule has 5 nitrogen and oxygen atoms in total. The predicted molar refractivity (Wildman–Crippen MR) is 82.3 cm³/mol. The van der Waals surface area contributed by atoms with Crippen molar-refractivity contribution in [2.45, 2.75) is 19.3 Å². The van der Waals surface area contributed by atoms with Crippen LogP contribution in [0.3, 0.4) is 0 Å². The van der Waals surface area contributed by atoms with E-state index in [0.29, 0.717) is 18.6 Å². The number of ether oxygens (including phenoxy) is 2. The summed E-state index contributed by atoms with van der Waals surface area (Å²) in [6.45, 7) is 2.37. The molecule has 0 bridgehead atoms. The van der Waals surface area contributed by atoms with Gasteiger partial charge >= 0.3 is 5.97 Å². The molecule has 0 aliphatic heterocycles. The predicted octanol–water partition coefficient (Wildman–Crippen LogP) is 2.11. The van der Waals surface area contributed by atoms with Gasteiger partial charge in [0.25, 0.3) is 0 Å². The number of hydrogen-bond acceptors (Lipinski definition) is 4. The Balaban J connectivity index is 2.01. The largest absolute Gasteiger partial charge is 0.465 e. The second-order valence-corrected chi connectivity index (χ2v) is 5.68. The summed E-state index contributed by atoms with van der Waals surface area (Å²) in [6, 6.07) is 3.67. The van der Waals surface area contributed by atoms with Gasteiger partial charge in [0.15, 0.2) is 11.6 Å². The molecule has 0 radical (unpaired) electrons. The molecule has 1 amide bonds. The summed E-state index contributed by atoms with van der Waals surface area (Å²) < 4.78 is 36.2. The Hall–Kier alpha value is -2.02. The highest BCUT2D eigenvalue weighted by Gasteiger charge is 2.46. The standard InChI is InChI=1S/C17H21F2NO4/c1-3-24-16(21)10-20(6-7-23-2)17(22)13-9-12(13)11-4-5-14(18)15(19)8-11/h4-5,8,12-13H,3,6-7,9-10H2,1-2H3. The van der Waals surface area contributed by atoms with Gasteiger partial charge in [-0.05, 0) is 37.0 Å². The van der Waals surface area contributed by atoms with Gasteiger partial charge in [-0.2, -0.15) is 0 Å². The maximum Gasteiger partial charge on any atom is 0.325 e. The summed E-state index contributed by atoms with van der Waals surface area (Å²) in [5, 5.41) is 0. The van der Waals surface area contributed by atoms with Crippen LogP contribution in [0.15, 0.2) is 18.2 Å². The Kier molecular flexibility index (Phi) is 6.25. The molecular formula is C17H21F2NO4. The van der Waals surface area contributed by atoms with Crippen LogP contribution in [-0.4, -0.2) is 50.2 Å². The Morgan fingerprint density at radius 3 is 2.67 bits per heavy atom. The fourth-order valence-corrected chi connectivity index (χ4v) is 2.64. The van der Waals surface area contributed by atoms with Gasteiger partial charge in [-0.25, -0.2) is 8.78 Å². The highest BCUT2D eigenvalue weighted by Crippen LogP contribution is 2.48. The topological polar surface area (TPSA) is 55.8 Å². The normalized spacial score (nSPS) is 19.0. The third-order valence-corrected chi connectivity index (χ3v) is 3.98. The fourth-order valence-electron chi connectivity index (χ4n) is 2.64. The summed E-state index contributed by atoms with van der Waals surface area (Å²) in [4.78, 5) is 25.6. The smallest absolute Gasteiger partial charge is 0.325 e. The van der Waals surface area contributed by atoms with E-state index < -0.39 is 17.6 Å². The van der Waals surface area contributed by atoms with E-state index in [-0.39, 0.29) is 37.4 Å². The number of hydrogen-bond donors (Lipinski definition) is 0. The number of nitrogens with zero attached hydrogens (tertiary/aromatic N) is 1. The SMILES string of the molecule is CCOC(=O)CN(CCOC)C(=O)C1CC1c1ccc(F)c(F)c1. The van der Waals surface area contributed by atoms with Gasteiger partial charge in [0, 0.05) is 19.6 Å². The molecule has 132 valence electrons. The molecule has 0 heterocycles. The molecule has 0 spiro atoms. The van der Waals surface area contributed by atoms with Crippen LogP contribution < -0.4 is 0 Å². The summed E-state index contributed by atoms with van der Waals surface area (Å²) >= 11 is 0. The molecule has 1 aliphatic carbocycles. The number of benzene rings is 1. The molecule has 0 saturated heterocycles. The highest BCUT2D eigenvalue weighted by molar-refractivity contribution is 5.86. The summed E-state index contributed by atoms with van der Waals surface area (Å²) in [5.41, 5.74) is 0.593. The van der Waals surface area contributed by atoms with Crippen molar-refractivity contribution in [2.75, 3.05) is 33.4 Å².